The van der Waals surface area contributed by atoms with Crippen molar-refractivity contribution in [3.63, 3.8) is 0 Å². The molecular formula is C15H16N6O. The molecule has 0 aromatic carbocycles. The molecule has 3 aromatic heterocycles. The Labute approximate surface area is 127 Å². The van der Waals surface area contributed by atoms with Crippen molar-refractivity contribution in [1.82, 2.24) is 24.3 Å². The molecule has 112 valence electrons. The Morgan fingerprint density at radius 3 is 2.73 bits per heavy atom. The maximum atomic E-state index is 12.5. The molecule has 1 amide bonds. The average molecular weight is 296 g/mol. The van der Waals surface area contributed by atoms with Crippen molar-refractivity contribution in [2.24, 2.45) is 0 Å². The Morgan fingerprint density at radius 2 is 2.00 bits per heavy atom. The Bertz CT molecular complexity index is 824. The lowest BCUT2D eigenvalue weighted by atomic mass is 10.3. The average Bonchev–Trinajstić information content (AvgIpc) is 2.91. The zero-order valence-corrected chi connectivity index (χ0v) is 12.4. The van der Waals surface area contributed by atoms with Gasteiger partial charge in [-0.25, -0.2) is 15.0 Å². The summed E-state index contributed by atoms with van der Waals surface area (Å²) in [6, 6.07) is 3.85. The Morgan fingerprint density at radius 1 is 1.27 bits per heavy atom. The lowest BCUT2D eigenvalue weighted by Crippen LogP contribution is -2.26. The van der Waals surface area contributed by atoms with Crippen LogP contribution in [0.25, 0.3) is 5.65 Å². The number of nitrogen functional groups attached to an aromatic ring is 1. The summed E-state index contributed by atoms with van der Waals surface area (Å²) >= 11 is 0. The molecule has 7 heteroatoms. The second-order valence-electron chi connectivity index (χ2n) is 5.21. The minimum absolute atomic E-state index is 0.154. The van der Waals surface area contributed by atoms with E-state index in [9.17, 15) is 4.79 Å². The van der Waals surface area contributed by atoms with E-state index in [0.717, 1.165) is 16.8 Å². The highest BCUT2D eigenvalue weighted by molar-refractivity contribution is 5.92. The van der Waals surface area contributed by atoms with Gasteiger partial charge >= 0.3 is 0 Å². The number of carbonyl (C=O) groups excluding carboxylic acids is 1. The fraction of sp³-hybridized carbons (Fsp3) is 0.200. The molecule has 0 radical (unpaired) electrons. The van der Waals surface area contributed by atoms with Gasteiger partial charge in [0.1, 0.15) is 11.3 Å². The number of carbonyl (C=O) groups is 1. The number of fused-ring (bicyclic) bond motifs is 1. The SMILES string of the molecule is Cc1ccc2nc(C(=O)N(C)Cc3cnc(N)nc3)cn2c1. The molecule has 0 aliphatic rings. The third kappa shape index (κ3) is 2.73. The minimum atomic E-state index is -0.154. The van der Waals surface area contributed by atoms with E-state index in [-0.39, 0.29) is 11.9 Å². The Balaban J connectivity index is 1.80. The monoisotopic (exact) mass is 296 g/mol. The first-order valence-electron chi connectivity index (χ1n) is 6.80. The highest BCUT2D eigenvalue weighted by Crippen LogP contribution is 2.10. The predicted octanol–water partition coefficient (Wildman–Crippen LogP) is 1.29. The summed E-state index contributed by atoms with van der Waals surface area (Å²) in [7, 11) is 1.72. The molecule has 0 bridgehead atoms. The summed E-state index contributed by atoms with van der Waals surface area (Å²) in [4.78, 5) is 26.2. The minimum Gasteiger partial charge on any atom is -0.368 e. The largest absolute Gasteiger partial charge is 0.368 e. The first-order valence-corrected chi connectivity index (χ1v) is 6.80. The van der Waals surface area contributed by atoms with E-state index >= 15 is 0 Å². The number of aryl methyl sites for hydroxylation is 1. The van der Waals surface area contributed by atoms with E-state index < -0.39 is 0 Å². The first-order chi connectivity index (χ1) is 10.5. The van der Waals surface area contributed by atoms with E-state index in [1.54, 1.807) is 30.5 Å². The van der Waals surface area contributed by atoms with Crippen LogP contribution in [0.3, 0.4) is 0 Å². The Kier molecular flexibility index (Phi) is 3.46. The van der Waals surface area contributed by atoms with Crippen LogP contribution < -0.4 is 5.73 Å². The van der Waals surface area contributed by atoms with Gasteiger partial charge in [-0.05, 0) is 18.6 Å². The van der Waals surface area contributed by atoms with Gasteiger partial charge in [0, 0.05) is 43.9 Å². The summed E-state index contributed by atoms with van der Waals surface area (Å²) in [5.74, 6) is 0.0617. The molecule has 3 rings (SSSR count). The number of anilines is 1. The van der Waals surface area contributed by atoms with E-state index in [2.05, 4.69) is 15.0 Å². The van der Waals surface area contributed by atoms with Gasteiger partial charge in [-0.1, -0.05) is 6.07 Å². The summed E-state index contributed by atoms with van der Waals surface area (Å²) in [5, 5.41) is 0. The number of imidazole rings is 1. The van der Waals surface area contributed by atoms with E-state index in [1.807, 2.05) is 29.7 Å². The van der Waals surface area contributed by atoms with E-state index in [0.29, 0.717) is 12.2 Å². The van der Waals surface area contributed by atoms with Gasteiger partial charge in [0.05, 0.1) is 0 Å². The second kappa shape index (κ2) is 5.44. The van der Waals surface area contributed by atoms with Gasteiger partial charge in [0.15, 0.2) is 0 Å². The molecule has 0 saturated carbocycles. The molecule has 0 atom stereocenters. The molecule has 0 spiro atoms. The summed E-state index contributed by atoms with van der Waals surface area (Å²) < 4.78 is 1.85. The summed E-state index contributed by atoms with van der Waals surface area (Å²) in [5.41, 5.74) is 8.52. The molecule has 3 aromatic rings. The van der Waals surface area contributed by atoms with Gasteiger partial charge in [0.2, 0.25) is 5.95 Å². The smallest absolute Gasteiger partial charge is 0.274 e. The van der Waals surface area contributed by atoms with Crippen LogP contribution >= 0.6 is 0 Å². The van der Waals surface area contributed by atoms with Gasteiger partial charge < -0.3 is 15.0 Å². The quantitative estimate of drug-likeness (QED) is 0.786. The van der Waals surface area contributed by atoms with Crippen molar-refractivity contribution in [3.05, 3.63) is 53.7 Å². The predicted molar refractivity (Wildman–Crippen MR) is 82.2 cm³/mol. The molecular weight excluding hydrogens is 280 g/mol. The highest BCUT2D eigenvalue weighted by Gasteiger charge is 2.16. The number of nitrogens with two attached hydrogens (primary N) is 1. The standard InChI is InChI=1S/C15H16N6O/c1-10-3-4-13-19-12(9-21(13)7-10)14(22)20(2)8-11-5-17-15(16)18-6-11/h3-7,9H,8H2,1-2H3,(H2,16,17,18). The molecule has 0 saturated heterocycles. The lowest BCUT2D eigenvalue weighted by molar-refractivity contribution is 0.0780. The summed E-state index contributed by atoms with van der Waals surface area (Å²) in [6.07, 6.45) is 6.89. The molecule has 0 fully saturated rings. The normalized spacial score (nSPS) is 10.8. The molecule has 0 aliphatic carbocycles. The van der Waals surface area contributed by atoms with Gasteiger partial charge in [0.25, 0.3) is 5.91 Å². The van der Waals surface area contributed by atoms with Crippen LogP contribution in [0.1, 0.15) is 21.6 Å². The van der Waals surface area contributed by atoms with E-state index in [1.165, 1.54) is 0 Å². The van der Waals surface area contributed by atoms with Gasteiger partial charge in [-0.3, -0.25) is 4.79 Å². The fourth-order valence-corrected chi connectivity index (χ4v) is 2.19. The van der Waals surface area contributed by atoms with Crippen molar-refractivity contribution in [2.45, 2.75) is 13.5 Å². The van der Waals surface area contributed by atoms with Crippen molar-refractivity contribution in [3.8, 4) is 0 Å². The number of amides is 1. The summed E-state index contributed by atoms with van der Waals surface area (Å²) in [6.45, 7) is 2.39. The molecule has 0 unspecified atom stereocenters. The maximum absolute atomic E-state index is 12.5. The van der Waals surface area contributed by atoms with Crippen LogP contribution in [0.15, 0.2) is 36.9 Å². The second-order valence-corrected chi connectivity index (χ2v) is 5.21. The third-order valence-corrected chi connectivity index (χ3v) is 3.31. The molecule has 22 heavy (non-hydrogen) atoms. The van der Waals surface area contributed by atoms with Crippen LogP contribution in [0.4, 0.5) is 5.95 Å². The molecule has 7 nitrogen and oxygen atoms in total. The van der Waals surface area contributed by atoms with Crippen LogP contribution in [0.2, 0.25) is 0 Å². The number of hydrogen-bond acceptors (Lipinski definition) is 5. The lowest BCUT2D eigenvalue weighted by Gasteiger charge is -2.15. The molecule has 2 N–H and O–H groups in total. The highest BCUT2D eigenvalue weighted by atomic mass is 16.2. The molecule has 0 aliphatic heterocycles. The zero-order valence-electron chi connectivity index (χ0n) is 12.4. The number of aromatic nitrogens is 4. The van der Waals surface area contributed by atoms with Gasteiger partial charge in [-0.2, -0.15) is 0 Å². The van der Waals surface area contributed by atoms with Crippen molar-refractivity contribution in [2.75, 3.05) is 12.8 Å². The topological polar surface area (TPSA) is 89.4 Å². The number of nitrogens with zero attached hydrogens (tertiary/aromatic N) is 5. The van der Waals surface area contributed by atoms with Crippen molar-refractivity contribution < 1.29 is 4.79 Å². The first kappa shape index (κ1) is 14.0. The molecule has 3 heterocycles. The maximum Gasteiger partial charge on any atom is 0.274 e. The Hall–Kier alpha value is -2.96. The van der Waals surface area contributed by atoms with Crippen LogP contribution in [0, 0.1) is 6.92 Å². The fourth-order valence-electron chi connectivity index (χ4n) is 2.19. The number of rotatable bonds is 3. The van der Waals surface area contributed by atoms with Crippen molar-refractivity contribution >= 4 is 17.5 Å². The van der Waals surface area contributed by atoms with Crippen molar-refractivity contribution in [1.29, 1.82) is 0 Å². The van der Waals surface area contributed by atoms with E-state index in [4.69, 9.17) is 5.73 Å². The van der Waals surface area contributed by atoms with Gasteiger partial charge in [-0.15, -0.1) is 0 Å². The zero-order chi connectivity index (χ0) is 15.7. The third-order valence-electron chi connectivity index (χ3n) is 3.31. The van der Waals surface area contributed by atoms with Crippen LogP contribution in [-0.4, -0.2) is 37.2 Å². The van der Waals surface area contributed by atoms with Crippen LogP contribution in [0.5, 0.6) is 0 Å². The number of pyridine rings is 1. The number of hydrogen-bond donors (Lipinski definition) is 1. The van der Waals surface area contributed by atoms with Crippen LogP contribution in [-0.2, 0) is 6.54 Å².